The van der Waals surface area contributed by atoms with Crippen LogP contribution in [-0.4, -0.2) is 106 Å². The molecule has 0 fully saturated rings. The number of hydrogen-bond donors (Lipinski definition) is 4. The molecule has 2 atom stereocenters. The van der Waals surface area contributed by atoms with E-state index >= 15 is 0 Å². The van der Waals surface area contributed by atoms with E-state index in [2.05, 4.69) is 0 Å². The van der Waals surface area contributed by atoms with Crippen LogP contribution in [0.3, 0.4) is 0 Å². The van der Waals surface area contributed by atoms with Crippen molar-refractivity contribution in [3.05, 3.63) is 71.8 Å². The van der Waals surface area contributed by atoms with Gasteiger partial charge in [-0.15, -0.1) is 0 Å². The average molecular weight is 533 g/mol. The number of aliphatic carboxylic acids is 4. The third-order valence-electron chi connectivity index (χ3n) is 5.54. The van der Waals surface area contributed by atoms with Crippen LogP contribution in [-0.2, 0) is 41.9 Å². The van der Waals surface area contributed by atoms with Crippen molar-refractivity contribution < 1.29 is 49.1 Å². The van der Waals surface area contributed by atoms with Crippen LogP contribution in [0.2, 0.25) is 0 Å². The molecule has 38 heavy (non-hydrogen) atoms. The number of carbonyl (C=O) groups is 4. The second-order valence-electron chi connectivity index (χ2n) is 8.45. The quantitative estimate of drug-likeness (QED) is 0.203. The minimum atomic E-state index is -1.43. The minimum Gasteiger partial charge on any atom is -0.480 e. The van der Waals surface area contributed by atoms with Gasteiger partial charge in [0.25, 0.3) is 0 Å². The van der Waals surface area contributed by atoms with Gasteiger partial charge in [-0.25, -0.2) is 0 Å². The van der Waals surface area contributed by atoms with Crippen LogP contribution in [0.4, 0.5) is 0 Å². The predicted octanol–water partition coefficient (Wildman–Crippen LogP) is 1.10. The number of carboxylic acid groups (broad SMARTS) is 4. The van der Waals surface area contributed by atoms with E-state index in [0.717, 1.165) is 20.9 Å². The molecule has 0 saturated carbocycles. The average Bonchev–Trinajstić information content (AvgIpc) is 2.86. The van der Waals surface area contributed by atoms with Crippen LogP contribution >= 0.6 is 0 Å². The van der Waals surface area contributed by atoms with E-state index in [4.69, 9.17) is 19.7 Å². The fourth-order valence-corrected chi connectivity index (χ4v) is 3.73. The second kappa shape index (κ2) is 16.1. The van der Waals surface area contributed by atoms with Crippen LogP contribution < -0.4 is 0 Å². The Morgan fingerprint density at radius 3 is 1.37 bits per heavy atom. The molecule has 2 unspecified atom stereocenters. The molecule has 0 saturated heterocycles. The fraction of sp³-hybridized carbons (Fsp3) is 0.385. The molecule has 4 N–H and O–H groups in total. The van der Waals surface area contributed by atoms with Crippen LogP contribution in [0.5, 0.6) is 0 Å². The topological polar surface area (TPSA) is 174 Å². The molecule has 2 rings (SSSR count). The van der Waals surface area contributed by atoms with Crippen molar-refractivity contribution in [2.75, 3.05) is 39.4 Å². The predicted molar refractivity (Wildman–Crippen MR) is 133 cm³/mol. The van der Waals surface area contributed by atoms with E-state index in [1.54, 1.807) is 48.5 Å². The van der Waals surface area contributed by atoms with Crippen LogP contribution in [0.15, 0.2) is 60.7 Å². The lowest BCUT2D eigenvalue weighted by Crippen LogP contribution is -2.56. The van der Waals surface area contributed by atoms with Gasteiger partial charge in [0.2, 0.25) is 0 Å². The van der Waals surface area contributed by atoms with Gasteiger partial charge in [-0.1, -0.05) is 60.7 Å². The number of benzene rings is 2. The summed E-state index contributed by atoms with van der Waals surface area (Å²) < 4.78 is 11.2. The summed E-state index contributed by atoms with van der Waals surface area (Å²) in [4.78, 5) is 49.1. The highest BCUT2D eigenvalue weighted by Crippen LogP contribution is 2.13. The molecule has 0 aliphatic rings. The highest BCUT2D eigenvalue weighted by molar-refractivity contribution is 5.78. The lowest BCUT2D eigenvalue weighted by atomic mass is 10.1. The zero-order valence-electron chi connectivity index (χ0n) is 20.7. The number of ether oxygens (including phenoxy) is 2. The molecule has 2 aromatic rings. The Kier molecular flexibility index (Phi) is 12.9. The maximum Gasteiger partial charge on any atom is 0.323 e. The highest BCUT2D eigenvalue weighted by Gasteiger charge is 2.36. The zero-order valence-corrected chi connectivity index (χ0v) is 20.7. The van der Waals surface area contributed by atoms with Crippen molar-refractivity contribution in [3.8, 4) is 0 Å². The SMILES string of the molecule is O=C(O)CN(CCN(C(COCc1ccccc1)C(=O)O)C(COCc1ccccc1)C(=O)O)CC(=O)O. The maximum atomic E-state index is 12.2. The molecule has 0 heterocycles. The molecule has 0 aliphatic heterocycles. The van der Waals surface area contributed by atoms with Crippen molar-refractivity contribution in [2.24, 2.45) is 0 Å². The Balaban J connectivity index is 2.22. The zero-order chi connectivity index (χ0) is 27.9. The monoisotopic (exact) mass is 532 g/mol. The smallest absolute Gasteiger partial charge is 0.323 e. The molecule has 12 nitrogen and oxygen atoms in total. The molecule has 0 spiro atoms. The van der Waals surface area contributed by atoms with Gasteiger partial charge in [0.1, 0.15) is 12.1 Å². The number of nitrogens with zero attached hydrogens (tertiary/aromatic N) is 2. The largest absolute Gasteiger partial charge is 0.480 e. The summed E-state index contributed by atoms with van der Waals surface area (Å²) in [7, 11) is 0. The molecule has 206 valence electrons. The summed E-state index contributed by atoms with van der Waals surface area (Å²) in [6.45, 7) is -2.29. The van der Waals surface area contributed by atoms with E-state index in [9.17, 15) is 29.4 Å². The van der Waals surface area contributed by atoms with E-state index in [1.165, 1.54) is 0 Å². The number of hydrogen-bond acceptors (Lipinski definition) is 8. The summed E-state index contributed by atoms with van der Waals surface area (Å²) in [5, 5.41) is 38.2. The van der Waals surface area contributed by atoms with Crippen molar-refractivity contribution in [1.29, 1.82) is 0 Å². The van der Waals surface area contributed by atoms with Gasteiger partial charge in [-0.3, -0.25) is 29.0 Å². The summed E-state index contributed by atoms with van der Waals surface area (Å²) in [6, 6.07) is 15.1. The lowest BCUT2D eigenvalue weighted by Gasteiger charge is -2.35. The first-order valence-corrected chi connectivity index (χ1v) is 11.8. The molecular weight excluding hydrogens is 500 g/mol. The molecule has 0 bridgehead atoms. The Hall–Kier alpha value is -3.84. The Labute approximate surface area is 219 Å². The van der Waals surface area contributed by atoms with Crippen molar-refractivity contribution in [2.45, 2.75) is 25.3 Å². The van der Waals surface area contributed by atoms with E-state index in [1.807, 2.05) is 12.1 Å². The Bertz CT molecular complexity index is 955. The molecule has 0 aromatic heterocycles. The van der Waals surface area contributed by atoms with Gasteiger partial charge in [-0.2, -0.15) is 0 Å². The summed E-state index contributed by atoms with van der Waals surface area (Å²) >= 11 is 0. The van der Waals surface area contributed by atoms with Gasteiger partial charge in [0.15, 0.2) is 0 Å². The molecular formula is C26H32N2O10. The standard InChI is InChI=1S/C26H32N2O10/c29-23(30)13-27(14-24(31)32)11-12-28(21(25(33)34)17-37-15-19-7-3-1-4-8-19)22(26(35)36)18-38-16-20-9-5-2-6-10-20/h1-10,21-22H,11-18H2,(H,29,30)(H,31,32)(H,33,34)(H,35,36). The highest BCUT2D eigenvalue weighted by atomic mass is 16.5. The molecule has 12 heteroatoms. The Morgan fingerprint density at radius 2 is 1.03 bits per heavy atom. The van der Waals surface area contributed by atoms with E-state index in [0.29, 0.717) is 0 Å². The normalized spacial score (nSPS) is 12.8. The van der Waals surface area contributed by atoms with Gasteiger partial charge in [0, 0.05) is 13.1 Å². The minimum absolute atomic E-state index is 0.0882. The fourth-order valence-electron chi connectivity index (χ4n) is 3.73. The van der Waals surface area contributed by atoms with E-state index < -0.39 is 49.1 Å². The number of rotatable bonds is 19. The van der Waals surface area contributed by atoms with Gasteiger partial charge >= 0.3 is 23.9 Å². The van der Waals surface area contributed by atoms with E-state index in [-0.39, 0.29) is 39.5 Å². The first-order valence-electron chi connectivity index (χ1n) is 11.8. The number of carboxylic acids is 4. The van der Waals surface area contributed by atoms with Crippen LogP contribution in [0.25, 0.3) is 0 Å². The first-order chi connectivity index (χ1) is 18.2. The van der Waals surface area contributed by atoms with Crippen molar-refractivity contribution in [3.63, 3.8) is 0 Å². The van der Waals surface area contributed by atoms with Gasteiger partial charge in [0.05, 0.1) is 39.5 Å². The lowest BCUT2D eigenvalue weighted by molar-refractivity contribution is -0.157. The third kappa shape index (κ3) is 11.0. The van der Waals surface area contributed by atoms with Crippen LogP contribution in [0, 0.1) is 0 Å². The molecule has 0 aliphatic carbocycles. The Morgan fingerprint density at radius 1 is 0.632 bits per heavy atom. The van der Waals surface area contributed by atoms with Crippen molar-refractivity contribution in [1.82, 2.24) is 9.80 Å². The summed E-state index contributed by atoms with van der Waals surface area (Å²) in [5.74, 6) is -5.26. The second-order valence-corrected chi connectivity index (χ2v) is 8.45. The van der Waals surface area contributed by atoms with Gasteiger partial charge < -0.3 is 29.9 Å². The van der Waals surface area contributed by atoms with Crippen molar-refractivity contribution >= 4 is 23.9 Å². The van der Waals surface area contributed by atoms with Gasteiger partial charge in [-0.05, 0) is 11.1 Å². The molecule has 2 aromatic carbocycles. The molecule has 0 radical (unpaired) electrons. The summed E-state index contributed by atoms with van der Waals surface area (Å²) in [5.41, 5.74) is 1.58. The first kappa shape index (κ1) is 30.4. The third-order valence-corrected chi connectivity index (χ3v) is 5.54. The summed E-state index contributed by atoms with van der Waals surface area (Å²) in [6.07, 6.45) is 0. The maximum absolute atomic E-state index is 12.2. The molecule has 0 amide bonds. The van der Waals surface area contributed by atoms with Crippen LogP contribution in [0.1, 0.15) is 11.1 Å².